The van der Waals surface area contributed by atoms with Crippen LogP contribution < -0.4 is 0 Å². The van der Waals surface area contributed by atoms with Gasteiger partial charge in [0.25, 0.3) is 0 Å². The van der Waals surface area contributed by atoms with Crippen LogP contribution >= 0.6 is 27.5 Å². The SMILES string of the molecule is Cl[CH-]Br.[Fe+2]. The van der Waals surface area contributed by atoms with Crippen molar-refractivity contribution in [2.45, 2.75) is 0 Å². The Morgan fingerprint density at radius 3 is 1.75 bits per heavy atom. The number of rotatable bonds is 0. The van der Waals surface area contributed by atoms with E-state index in [2.05, 4.69) is 15.9 Å². The van der Waals surface area contributed by atoms with Crippen molar-refractivity contribution in [1.82, 2.24) is 0 Å². The zero-order chi connectivity index (χ0) is 2.71. The minimum absolute atomic E-state index is 0. The molecule has 4 heavy (non-hydrogen) atoms. The van der Waals surface area contributed by atoms with Gasteiger partial charge in [0.1, 0.15) is 0 Å². The van der Waals surface area contributed by atoms with Crippen LogP contribution in [0.25, 0.3) is 0 Å². The van der Waals surface area contributed by atoms with Crippen LogP contribution in [0.1, 0.15) is 0 Å². The van der Waals surface area contributed by atoms with E-state index in [0.717, 1.165) is 0 Å². The van der Waals surface area contributed by atoms with Gasteiger partial charge in [-0.25, -0.2) is 0 Å². The van der Waals surface area contributed by atoms with Crippen LogP contribution in [-0.4, -0.2) is 0 Å². The molecule has 0 spiro atoms. The molecule has 0 bridgehead atoms. The molecule has 0 N–H and O–H groups in total. The zero-order valence-electron chi connectivity index (χ0n) is 1.69. The molecule has 0 fully saturated rings. The van der Waals surface area contributed by atoms with Gasteiger partial charge in [-0.2, -0.15) is 4.79 Å². The predicted octanol–water partition coefficient (Wildman–Crippen LogP) is 1.74. The van der Waals surface area contributed by atoms with Crippen LogP contribution in [0.15, 0.2) is 0 Å². The Labute approximate surface area is 49.5 Å². The van der Waals surface area contributed by atoms with Crippen molar-refractivity contribution in [1.29, 1.82) is 0 Å². The fourth-order valence-electron chi connectivity index (χ4n) is 0. The second kappa shape index (κ2) is 8.85. The quantitative estimate of drug-likeness (QED) is 0.397. The predicted molar refractivity (Wildman–Crippen MR) is 19.1 cm³/mol. The molecule has 26 valence electrons. The summed E-state index contributed by atoms with van der Waals surface area (Å²) >= 11 is 7.58. The van der Waals surface area contributed by atoms with Gasteiger partial charge in [-0.15, -0.1) is 0 Å². The minimum atomic E-state index is 0. The third kappa shape index (κ3) is 10.4. The van der Waals surface area contributed by atoms with Crippen LogP contribution in [0, 0.1) is 4.79 Å². The van der Waals surface area contributed by atoms with Crippen molar-refractivity contribution in [3.63, 3.8) is 0 Å². The molecule has 0 aromatic heterocycles. The Hall–Kier alpha value is 1.29. The molecule has 0 saturated carbocycles. The molecular weight excluding hydrogens is 183 g/mol. The van der Waals surface area contributed by atoms with E-state index in [1.54, 1.807) is 0 Å². The number of halogens is 2. The van der Waals surface area contributed by atoms with Gasteiger partial charge in [0.05, 0.1) is 0 Å². The normalized spacial score (nSPS) is 4.50. The summed E-state index contributed by atoms with van der Waals surface area (Å²) in [6.07, 6.45) is 0. The molecule has 0 saturated heterocycles. The second-order valence-corrected chi connectivity index (χ2v) is 1.29. The summed E-state index contributed by atoms with van der Waals surface area (Å²) in [4.78, 5) is 1.28. The average Bonchev–Trinajstić information content (AvgIpc) is 0.918. The first-order valence-corrected chi connectivity index (χ1v) is 1.79. The van der Waals surface area contributed by atoms with E-state index in [0.29, 0.717) is 0 Å². The summed E-state index contributed by atoms with van der Waals surface area (Å²) in [5.41, 5.74) is 0. The first kappa shape index (κ1) is 8.99. The molecule has 0 amide bonds. The summed E-state index contributed by atoms with van der Waals surface area (Å²) in [6.45, 7) is 0. The van der Waals surface area contributed by atoms with Gasteiger partial charge < -0.3 is 27.5 Å². The summed E-state index contributed by atoms with van der Waals surface area (Å²) < 4.78 is 0. The Morgan fingerprint density at radius 1 is 1.75 bits per heavy atom. The van der Waals surface area contributed by atoms with E-state index < -0.39 is 0 Å². The van der Waals surface area contributed by atoms with Crippen molar-refractivity contribution in [3.8, 4) is 0 Å². The van der Waals surface area contributed by atoms with Crippen LogP contribution in [0.5, 0.6) is 0 Å². The van der Waals surface area contributed by atoms with Gasteiger partial charge in [-0.3, -0.25) is 0 Å². The van der Waals surface area contributed by atoms with E-state index in [4.69, 9.17) is 11.6 Å². The molecule has 0 atom stereocenters. The van der Waals surface area contributed by atoms with E-state index >= 15 is 0 Å². The van der Waals surface area contributed by atoms with Gasteiger partial charge in [0.2, 0.25) is 0 Å². The molecule has 0 aliphatic rings. The maximum Gasteiger partial charge on any atom is 2.00 e. The molecule has 0 aromatic rings. The maximum absolute atomic E-state index is 4.79. The Bertz CT molecular complexity index is 8.00. The van der Waals surface area contributed by atoms with Crippen molar-refractivity contribution in [2.24, 2.45) is 0 Å². The second-order valence-electron chi connectivity index (χ2n) is 0.0825. The smallest absolute Gasteiger partial charge is 0.337 e. The van der Waals surface area contributed by atoms with Gasteiger partial charge >= 0.3 is 17.1 Å². The number of hydrogen-bond donors (Lipinski definition) is 0. The Balaban J connectivity index is 0. The molecule has 3 heteroatoms. The fourth-order valence-corrected chi connectivity index (χ4v) is 0. The molecule has 0 aromatic carbocycles. The van der Waals surface area contributed by atoms with E-state index in [1.807, 2.05) is 0 Å². The van der Waals surface area contributed by atoms with Gasteiger partial charge in [0, 0.05) is 0 Å². The third-order valence-electron chi connectivity index (χ3n) is 0. The molecule has 0 nitrogen and oxygen atoms in total. The standard InChI is InChI=1S/CHBrCl.Fe/c2-1-3;/h1H;/q-1;+2. The summed E-state index contributed by atoms with van der Waals surface area (Å²) in [5, 5.41) is 0. The molecule has 0 rings (SSSR count). The molecular formula is CHBrClFe+. The van der Waals surface area contributed by atoms with Crippen molar-refractivity contribution in [2.75, 3.05) is 0 Å². The molecule has 0 aliphatic heterocycles. The van der Waals surface area contributed by atoms with Crippen molar-refractivity contribution in [3.05, 3.63) is 4.79 Å². The minimum Gasteiger partial charge on any atom is -0.337 e. The number of hydrogen-bond acceptors (Lipinski definition) is 0. The first-order valence-electron chi connectivity index (χ1n) is 0.436. The average molecular weight is 184 g/mol. The van der Waals surface area contributed by atoms with Gasteiger partial charge in [-0.1, -0.05) is 0 Å². The van der Waals surface area contributed by atoms with Crippen LogP contribution in [0.3, 0.4) is 0 Å². The van der Waals surface area contributed by atoms with Gasteiger partial charge in [-0.05, 0) is 0 Å². The summed E-state index contributed by atoms with van der Waals surface area (Å²) in [6, 6.07) is 0. The van der Waals surface area contributed by atoms with E-state index in [9.17, 15) is 0 Å². The van der Waals surface area contributed by atoms with E-state index in [-0.39, 0.29) is 17.1 Å². The third-order valence-corrected chi connectivity index (χ3v) is 0. The molecule has 0 heterocycles. The fraction of sp³-hybridized carbons (Fsp3) is 0. The summed E-state index contributed by atoms with van der Waals surface area (Å²) in [5.74, 6) is 0. The zero-order valence-corrected chi connectivity index (χ0v) is 5.13. The monoisotopic (exact) mass is 183 g/mol. The summed E-state index contributed by atoms with van der Waals surface area (Å²) in [7, 11) is 0. The molecule has 0 radical (unpaired) electrons. The topological polar surface area (TPSA) is 0 Å². The Kier molecular flexibility index (Phi) is 19.9. The van der Waals surface area contributed by atoms with Crippen LogP contribution in [-0.2, 0) is 17.1 Å². The van der Waals surface area contributed by atoms with Crippen molar-refractivity contribution >= 4 is 27.5 Å². The van der Waals surface area contributed by atoms with Gasteiger partial charge in [0.15, 0.2) is 0 Å². The Morgan fingerprint density at radius 2 is 1.75 bits per heavy atom. The largest absolute Gasteiger partial charge is 2.00 e. The van der Waals surface area contributed by atoms with Crippen LogP contribution in [0.4, 0.5) is 0 Å². The van der Waals surface area contributed by atoms with Crippen molar-refractivity contribution < 1.29 is 17.1 Å². The van der Waals surface area contributed by atoms with E-state index in [1.165, 1.54) is 4.79 Å². The van der Waals surface area contributed by atoms with Crippen LogP contribution in [0.2, 0.25) is 0 Å². The molecule has 0 aliphatic carbocycles. The maximum atomic E-state index is 4.79. The first-order chi connectivity index (χ1) is 1.41. The molecule has 0 unspecified atom stereocenters.